The second-order valence-corrected chi connectivity index (χ2v) is 4.09. The monoisotopic (exact) mass is 260 g/mol. The molecule has 0 amide bonds. The van der Waals surface area contributed by atoms with Gasteiger partial charge in [-0.15, -0.1) is 0 Å². The Kier molecular flexibility index (Phi) is 10.1. The average molecular weight is 260 g/mol. The summed E-state index contributed by atoms with van der Waals surface area (Å²) < 4.78 is 14.5. The highest BCUT2D eigenvalue weighted by molar-refractivity contribution is 5.76. The third-order valence-corrected chi connectivity index (χ3v) is 2.31. The van der Waals surface area contributed by atoms with Crippen LogP contribution in [0.25, 0.3) is 0 Å². The summed E-state index contributed by atoms with van der Waals surface area (Å²) in [6.45, 7) is 6.22. The Labute approximate surface area is 109 Å². The molecule has 0 aliphatic heterocycles. The molecule has 18 heavy (non-hydrogen) atoms. The predicted octanol–water partition coefficient (Wildman–Crippen LogP) is 3.06. The minimum Gasteiger partial charge on any atom is -0.463 e. The van der Waals surface area contributed by atoms with Gasteiger partial charge < -0.3 is 14.2 Å². The zero-order chi connectivity index (χ0) is 13.8. The molecule has 0 aromatic heterocycles. The summed E-state index contributed by atoms with van der Waals surface area (Å²) in [5.74, 6) is -0.533. The lowest BCUT2D eigenvalue weighted by Gasteiger charge is -2.12. The summed E-state index contributed by atoms with van der Waals surface area (Å²) >= 11 is 0. The van der Waals surface area contributed by atoms with Crippen LogP contribution in [0.15, 0.2) is 0 Å². The van der Waals surface area contributed by atoms with Crippen molar-refractivity contribution in [1.29, 1.82) is 0 Å². The highest BCUT2D eigenvalue weighted by atomic mass is 16.7. The first-order chi connectivity index (χ1) is 8.61. The number of unbranched alkanes of at least 4 members (excludes halogenated alkanes) is 3. The first-order valence-electron chi connectivity index (χ1n) is 6.61. The van der Waals surface area contributed by atoms with E-state index in [9.17, 15) is 9.59 Å². The van der Waals surface area contributed by atoms with Crippen LogP contribution in [0.4, 0.5) is 4.79 Å². The maximum Gasteiger partial charge on any atom is 0.509 e. The summed E-state index contributed by atoms with van der Waals surface area (Å²) in [5, 5.41) is 0. The SMILES string of the molecule is CCCCCOC(=O)O[C@@H](C)C(=O)OCCCC. The second kappa shape index (κ2) is 10.9. The number of esters is 1. The van der Waals surface area contributed by atoms with E-state index in [4.69, 9.17) is 14.2 Å². The summed E-state index contributed by atoms with van der Waals surface area (Å²) in [4.78, 5) is 22.6. The Balaban J connectivity index is 3.68. The lowest BCUT2D eigenvalue weighted by Crippen LogP contribution is -2.27. The third-order valence-electron chi connectivity index (χ3n) is 2.31. The fourth-order valence-electron chi connectivity index (χ4n) is 1.17. The zero-order valence-corrected chi connectivity index (χ0v) is 11.6. The first-order valence-corrected chi connectivity index (χ1v) is 6.61. The average Bonchev–Trinajstić information content (AvgIpc) is 2.34. The van der Waals surface area contributed by atoms with Gasteiger partial charge in [-0.25, -0.2) is 9.59 Å². The molecule has 106 valence electrons. The molecule has 0 N–H and O–H groups in total. The number of hydrogen-bond donors (Lipinski definition) is 0. The van der Waals surface area contributed by atoms with Crippen LogP contribution in [0.2, 0.25) is 0 Å². The zero-order valence-electron chi connectivity index (χ0n) is 11.6. The molecule has 0 aromatic rings. The van der Waals surface area contributed by atoms with E-state index in [1.54, 1.807) is 0 Å². The molecule has 0 saturated heterocycles. The van der Waals surface area contributed by atoms with Gasteiger partial charge in [-0.05, 0) is 19.8 Å². The van der Waals surface area contributed by atoms with Crippen molar-refractivity contribution in [2.24, 2.45) is 0 Å². The fraction of sp³-hybridized carbons (Fsp3) is 0.846. The number of ether oxygens (including phenoxy) is 3. The Morgan fingerprint density at radius 3 is 2.17 bits per heavy atom. The summed E-state index contributed by atoms with van der Waals surface area (Å²) in [7, 11) is 0. The molecule has 0 bridgehead atoms. The van der Waals surface area contributed by atoms with Crippen molar-refractivity contribution >= 4 is 12.1 Å². The highest BCUT2D eigenvalue weighted by Gasteiger charge is 2.19. The van der Waals surface area contributed by atoms with E-state index in [1.807, 2.05) is 6.92 Å². The molecule has 0 unspecified atom stereocenters. The molecule has 0 heterocycles. The van der Waals surface area contributed by atoms with E-state index < -0.39 is 18.2 Å². The molecule has 5 nitrogen and oxygen atoms in total. The van der Waals surface area contributed by atoms with Crippen LogP contribution in [0, 0.1) is 0 Å². The minimum atomic E-state index is -0.916. The van der Waals surface area contributed by atoms with Gasteiger partial charge in [0, 0.05) is 0 Å². The molecular weight excluding hydrogens is 236 g/mol. The van der Waals surface area contributed by atoms with Gasteiger partial charge in [-0.1, -0.05) is 33.1 Å². The van der Waals surface area contributed by atoms with Crippen LogP contribution in [0.5, 0.6) is 0 Å². The van der Waals surface area contributed by atoms with Gasteiger partial charge in [0.2, 0.25) is 0 Å². The molecular formula is C13H24O5. The molecule has 0 spiro atoms. The molecule has 0 fully saturated rings. The van der Waals surface area contributed by atoms with Crippen molar-refractivity contribution < 1.29 is 23.8 Å². The number of hydrogen-bond acceptors (Lipinski definition) is 5. The molecule has 0 rings (SSSR count). The van der Waals surface area contributed by atoms with Gasteiger partial charge in [0.15, 0.2) is 6.10 Å². The number of carbonyl (C=O) groups is 2. The molecule has 1 atom stereocenters. The van der Waals surface area contributed by atoms with Crippen molar-refractivity contribution in [2.75, 3.05) is 13.2 Å². The van der Waals surface area contributed by atoms with Crippen molar-refractivity contribution in [2.45, 2.75) is 59.0 Å². The lowest BCUT2D eigenvalue weighted by atomic mass is 10.3. The lowest BCUT2D eigenvalue weighted by molar-refractivity contribution is -0.154. The van der Waals surface area contributed by atoms with E-state index in [2.05, 4.69) is 6.92 Å². The van der Waals surface area contributed by atoms with E-state index in [0.29, 0.717) is 13.2 Å². The Morgan fingerprint density at radius 2 is 1.56 bits per heavy atom. The predicted molar refractivity (Wildman–Crippen MR) is 67.3 cm³/mol. The summed E-state index contributed by atoms with van der Waals surface area (Å²) in [6.07, 6.45) is 2.88. The Hall–Kier alpha value is -1.26. The van der Waals surface area contributed by atoms with Crippen LogP contribution < -0.4 is 0 Å². The van der Waals surface area contributed by atoms with E-state index in [1.165, 1.54) is 6.92 Å². The number of carbonyl (C=O) groups excluding carboxylic acids is 2. The Morgan fingerprint density at radius 1 is 0.944 bits per heavy atom. The van der Waals surface area contributed by atoms with Gasteiger partial charge in [0.25, 0.3) is 0 Å². The maximum atomic E-state index is 11.4. The van der Waals surface area contributed by atoms with Crippen molar-refractivity contribution in [3.05, 3.63) is 0 Å². The molecule has 0 saturated carbocycles. The maximum absolute atomic E-state index is 11.4. The minimum absolute atomic E-state index is 0.324. The molecule has 0 aromatic carbocycles. The summed E-state index contributed by atoms with van der Waals surface area (Å²) in [5.41, 5.74) is 0. The number of rotatable bonds is 9. The van der Waals surface area contributed by atoms with Crippen molar-refractivity contribution in [3.63, 3.8) is 0 Å². The fourth-order valence-corrected chi connectivity index (χ4v) is 1.17. The van der Waals surface area contributed by atoms with Crippen LogP contribution in [-0.4, -0.2) is 31.4 Å². The van der Waals surface area contributed by atoms with Crippen molar-refractivity contribution in [3.8, 4) is 0 Å². The molecule has 0 radical (unpaired) electrons. The topological polar surface area (TPSA) is 61.8 Å². The van der Waals surface area contributed by atoms with Gasteiger partial charge in [-0.2, -0.15) is 0 Å². The van der Waals surface area contributed by atoms with Gasteiger partial charge in [0.1, 0.15) is 0 Å². The summed E-state index contributed by atoms with van der Waals surface area (Å²) in [6, 6.07) is 0. The standard InChI is InChI=1S/C13H24O5/c1-4-6-8-10-17-13(15)18-11(3)12(14)16-9-7-5-2/h11H,4-10H2,1-3H3/t11-/m0/s1. The van der Waals surface area contributed by atoms with Crippen molar-refractivity contribution in [1.82, 2.24) is 0 Å². The normalized spacial score (nSPS) is 11.7. The van der Waals surface area contributed by atoms with Crippen LogP contribution in [0.3, 0.4) is 0 Å². The quantitative estimate of drug-likeness (QED) is 0.471. The van der Waals surface area contributed by atoms with E-state index in [0.717, 1.165) is 32.1 Å². The van der Waals surface area contributed by atoms with Crippen LogP contribution in [-0.2, 0) is 19.0 Å². The van der Waals surface area contributed by atoms with Gasteiger partial charge in [-0.3, -0.25) is 0 Å². The largest absolute Gasteiger partial charge is 0.509 e. The van der Waals surface area contributed by atoms with Crippen LogP contribution >= 0.6 is 0 Å². The second-order valence-electron chi connectivity index (χ2n) is 4.09. The van der Waals surface area contributed by atoms with Gasteiger partial charge in [0.05, 0.1) is 13.2 Å². The van der Waals surface area contributed by atoms with Gasteiger partial charge >= 0.3 is 12.1 Å². The first kappa shape index (κ1) is 16.7. The smallest absolute Gasteiger partial charge is 0.463 e. The Bertz CT molecular complexity index is 240. The third kappa shape index (κ3) is 8.84. The van der Waals surface area contributed by atoms with E-state index in [-0.39, 0.29) is 0 Å². The molecule has 0 aliphatic rings. The molecule has 0 aliphatic carbocycles. The molecule has 5 heteroatoms. The van der Waals surface area contributed by atoms with Crippen LogP contribution in [0.1, 0.15) is 52.9 Å². The van der Waals surface area contributed by atoms with E-state index >= 15 is 0 Å². The highest BCUT2D eigenvalue weighted by Crippen LogP contribution is 2.01.